The molecule has 0 radical (unpaired) electrons. The topological polar surface area (TPSA) is 60.2 Å². The standard InChI is InChI=1S/C13H19NO2S/c1-10-3-2-4-11(7-10)8-17(15,16)9-13(14)12-5-6-12/h2-4,7,12-13H,5-6,8-9,14H2,1H3. The van der Waals surface area contributed by atoms with Crippen LogP contribution in [0.15, 0.2) is 24.3 Å². The van der Waals surface area contributed by atoms with Gasteiger partial charge < -0.3 is 5.73 Å². The monoisotopic (exact) mass is 253 g/mol. The zero-order chi connectivity index (χ0) is 12.5. The summed E-state index contributed by atoms with van der Waals surface area (Å²) in [5, 5.41) is 0. The van der Waals surface area contributed by atoms with Crippen LogP contribution >= 0.6 is 0 Å². The number of sulfone groups is 1. The van der Waals surface area contributed by atoms with Gasteiger partial charge in [-0.05, 0) is 31.2 Å². The van der Waals surface area contributed by atoms with Crippen LogP contribution in [0.25, 0.3) is 0 Å². The summed E-state index contributed by atoms with van der Waals surface area (Å²) in [6.45, 7) is 1.96. The number of aryl methyl sites for hydroxylation is 1. The van der Waals surface area contributed by atoms with E-state index in [4.69, 9.17) is 5.73 Å². The van der Waals surface area contributed by atoms with E-state index in [1.807, 2.05) is 31.2 Å². The molecule has 1 saturated carbocycles. The lowest BCUT2D eigenvalue weighted by atomic mass is 10.2. The van der Waals surface area contributed by atoms with Gasteiger partial charge in [-0.15, -0.1) is 0 Å². The fraction of sp³-hybridized carbons (Fsp3) is 0.538. The highest BCUT2D eigenvalue weighted by molar-refractivity contribution is 7.90. The second-order valence-electron chi connectivity index (χ2n) is 5.04. The molecule has 17 heavy (non-hydrogen) atoms. The van der Waals surface area contributed by atoms with E-state index < -0.39 is 9.84 Å². The van der Waals surface area contributed by atoms with Crippen LogP contribution in [0.5, 0.6) is 0 Å². The quantitative estimate of drug-likeness (QED) is 0.868. The van der Waals surface area contributed by atoms with E-state index in [0.717, 1.165) is 24.0 Å². The van der Waals surface area contributed by atoms with Crippen LogP contribution in [-0.2, 0) is 15.6 Å². The van der Waals surface area contributed by atoms with E-state index in [1.165, 1.54) is 0 Å². The molecule has 4 heteroatoms. The number of hydrogen-bond acceptors (Lipinski definition) is 3. The van der Waals surface area contributed by atoms with Gasteiger partial charge in [0.2, 0.25) is 0 Å². The van der Waals surface area contributed by atoms with E-state index in [2.05, 4.69) is 0 Å². The Hall–Kier alpha value is -0.870. The molecule has 0 spiro atoms. The number of hydrogen-bond donors (Lipinski definition) is 1. The highest BCUT2D eigenvalue weighted by Crippen LogP contribution is 2.32. The molecular weight excluding hydrogens is 234 g/mol. The Morgan fingerprint density at radius 1 is 1.41 bits per heavy atom. The van der Waals surface area contributed by atoms with Gasteiger partial charge in [-0.2, -0.15) is 0 Å². The summed E-state index contributed by atoms with van der Waals surface area (Å²) in [6, 6.07) is 7.45. The number of rotatable bonds is 5. The van der Waals surface area contributed by atoms with Crippen molar-refractivity contribution in [1.82, 2.24) is 0 Å². The molecule has 0 amide bonds. The lowest BCUT2D eigenvalue weighted by Gasteiger charge is -2.11. The minimum atomic E-state index is -3.08. The minimum absolute atomic E-state index is 0.106. The Morgan fingerprint density at radius 2 is 2.12 bits per heavy atom. The SMILES string of the molecule is Cc1cccc(CS(=O)(=O)CC(N)C2CC2)c1. The molecular formula is C13H19NO2S. The Bertz CT molecular complexity index is 492. The highest BCUT2D eigenvalue weighted by Gasteiger charge is 2.31. The molecule has 1 fully saturated rings. The van der Waals surface area contributed by atoms with E-state index in [9.17, 15) is 8.42 Å². The van der Waals surface area contributed by atoms with Gasteiger partial charge in [0.1, 0.15) is 0 Å². The van der Waals surface area contributed by atoms with Crippen LogP contribution in [0.1, 0.15) is 24.0 Å². The average molecular weight is 253 g/mol. The molecule has 1 aliphatic rings. The van der Waals surface area contributed by atoms with Crippen molar-refractivity contribution in [2.24, 2.45) is 11.7 Å². The van der Waals surface area contributed by atoms with Crippen molar-refractivity contribution in [2.75, 3.05) is 5.75 Å². The van der Waals surface area contributed by atoms with Crippen molar-refractivity contribution < 1.29 is 8.42 Å². The summed E-state index contributed by atoms with van der Waals surface area (Å²) < 4.78 is 23.9. The van der Waals surface area contributed by atoms with Crippen molar-refractivity contribution in [1.29, 1.82) is 0 Å². The molecule has 0 aromatic heterocycles. The van der Waals surface area contributed by atoms with Gasteiger partial charge in [0, 0.05) is 6.04 Å². The maximum atomic E-state index is 12.0. The molecule has 0 bridgehead atoms. The fourth-order valence-electron chi connectivity index (χ4n) is 2.07. The Morgan fingerprint density at radius 3 is 2.71 bits per heavy atom. The normalized spacial score (nSPS) is 18.0. The first-order valence-corrected chi connectivity index (χ1v) is 7.80. The molecule has 1 atom stereocenters. The van der Waals surface area contributed by atoms with Crippen LogP contribution in [-0.4, -0.2) is 20.2 Å². The summed E-state index contributed by atoms with van der Waals surface area (Å²) in [4.78, 5) is 0. The molecule has 0 heterocycles. The van der Waals surface area contributed by atoms with Gasteiger partial charge in [0.05, 0.1) is 11.5 Å². The first-order valence-electron chi connectivity index (χ1n) is 5.98. The Labute approximate surface area is 103 Å². The molecule has 0 aliphatic heterocycles. The average Bonchev–Trinajstić information content (AvgIpc) is 2.98. The van der Waals surface area contributed by atoms with Crippen molar-refractivity contribution in [3.05, 3.63) is 35.4 Å². The maximum absolute atomic E-state index is 12.0. The van der Waals surface area contributed by atoms with Gasteiger partial charge in [-0.1, -0.05) is 29.8 Å². The van der Waals surface area contributed by atoms with E-state index in [-0.39, 0.29) is 17.5 Å². The maximum Gasteiger partial charge on any atom is 0.155 e. The number of benzene rings is 1. The zero-order valence-electron chi connectivity index (χ0n) is 10.1. The second-order valence-corrected chi connectivity index (χ2v) is 7.15. The molecule has 0 saturated heterocycles. The van der Waals surface area contributed by atoms with Crippen LogP contribution in [0, 0.1) is 12.8 Å². The fourth-order valence-corrected chi connectivity index (χ4v) is 3.73. The highest BCUT2D eigenvalue weighted by atomic mass is 32.2. The van der Waals surface area contributed by atoms with Crippen molar-refractivity contribution >= 4 is 9.84 Å². The lowest BCUT2D eigenvalue weighted by molar-refractivity contribution is 0.573. The summed E-state index contributed by atoms with van der Waals surface area (Å²) in [7, 11) is -3.08. The third-order valence-electron chi connectivity index (χ3n) is 3.14. The van der Waals surface area contributed by atoms with Crippen molar-refractivity contribution in [3.63, 3.8) is 0 Å². The molecule has 1 aromatic rings. The van der Waals surface area contributed by atoms with Crippen molar-refractivity contribution in [3.8, 4) is 0 Å². The molecule has 1 aromatic carbocycles. The van der Waals surface area contributed by atoms with E-state index in [1.54, 1.807) is 0 Å². The predicted octanol–water partition coefficient (Wildman–Crippen LogP) is 1.65. The summed E-state index contributed by atoms with van der Waals surface area (Å²) in [6.07, 6.45) is 2.17. The molecule has 2 N–H and O–H groups in total. The Kier molecular flexibility index (Phi) is 3.54. The van der Waals surface area contributed by atoms with Crippen LogP contribution < -0.4 is 5.73 Å². The molecule has 1 unspecified atom stereocenters. The third-order valence-corrected chi connectivity index (χ3v) is 4.81. The summed E-state index contributed by atoms with van der Waals surface area (Å²) >= 11 is 0. The molecule has 1 aliphatic carbocycles. The van der Waals surface area contributed by atoms with Gasteiger partial charge in [0.25, 0.3) is 0 Å². The van der Waals surface area contributed by atoms with E-state index in [0.29, 0.717) is 5.92 Å². The summed E-state index contributed by atoms with van der Waals surface area (Å²) in [5.74, 6) is 0.656. The third kappa shape index (κ3) is 3.82. The first kappa shape index (κ1) is 12.6. The molecule has 2 rings (SSSR count). The van der Waals surface area contributed by atoms with Crippen LogP contribution in [0.3, 0.4) is 0 Å². The first-order chi connectivity index (χ1) is 7.96. The smallest absolute Gasteiger partial charge is 0.155 e. The van der Waals surface area contributed by atoms with Crippen molar-refractivity contribution in [2.45, 2.75) is 31.6 Å². The minimum Gasteiger partial charge on any atom is -0.327 e. The largest absolute Gasteiger partial charge is 0.327 e. The molecule has 94 valence electrons. The Balaban J connectivity index is 2.01. The van der Waals surface area contributed by atoms with Gasteiger partial charge in [-0.25, -0.2) is 8.42 Å². The number of nitrogens with two attached hydrogens (primary N) is 1. The lowest BCUT2D eigenvalue weighted by Crippen LogP contribution is -2.32. The predicted molar refractivity (Wildman–Crippen MR) is 69.4 cm³/mol. The molecule has 3 nitrogen and oxygen atoms in total. The summed E-state index contributed by atoms with van der Waals surface area (Å²) in [5.41, 5.74) is 7.81. The van der Waals surface area contributed by atoms with Gasteiger partial charge in [-0.3, -0.25) is 0 Å². The van der Waals surface area contributed by atoms with Crippen LogP contribution in [0.2, 0.25) is 0 Å². The van der Waals surface area contributed by atoms with E-state index >= 15 is 0 Å². The second kappa shape index (κ2) is 4.78. The van der Waals surface area contributed by atoms with Gasteiger partial charge >= 0.3 is 0 Å². The van der Waals surface area contributed by atoms with Gasteiger partial charge in [0.15, 0.2) is 9.84 Å². The van der Waals surface area contributed by atoms with Crippen LogP contribution in [0.4, 0.5) is 0 Å². The zero-order valence-corrected chi connectivity index (χ0v) is 10.9.